The minimum Gasteiger partial charge on any atom is -0.468 e. The van der Waals surface area contributed by atoms with E-state index in [0.717, 1.165) is 5.56 Å². The zero-order valence-corrected chi connectivity index (χ0v) is 10.5. The van der Waals surface area contributed by atoms with Gasteiger partial charge in [-0.2, -0.15) is 0 Å². The summed E-state index contributed by atoms with van der Waals surface area (Å²) in [5.74, 6) is -0.225. The van der Waals surface area contributed by atoms with E-state index in [4.69, 9.17) is 11.6 Å². The maximum atomic E-state index is 11.3. The largest absolute Gasteiger partial charge is 0.468 e. The molecule has 3 nitrogen and oxygen atoms in total. The number of likely N-dealkylation sites (N-methyl/N-ethyl adjacent to an activating group) is 1. The van der Waals surface area contributed by atoms with Crippen molar-refractivity contribution in [2.24, 2.45) is 0 Å². The van der Waals surface area contributed by atoms with Crippen molar-refractivity contribution in [3.63, 3.8) is 0 Å². The Bertz CT molecular complexity index is 351. The highest BCUT2D eigenvalue weighted by molar-refractivity contribution is 6.30. The van der Waals surface area contributed by atoms with E-state index in [0.29, 0.717) is 11.6 Å². The lowest BCUT2D eigenvalue weighted by Crippen LogP contribution is -2.36. The molecule has 0 aliphatic heterocycles. The van der Waals surface area contributed by atoms with Gasteiger partial charge < -0.3 is 4.74 Å². The van der Waals surface area contributed by atoms with Gasteiger partial charge in [0.2, 0.25) is 0 Å². The molecule has 0 N–H and O–H groups in total. The van der Waals surface area contributed by atoms with E-state index in [-0.39, 0.29) is 12.0 Å². The Kier molecular flexibility index (Phi) is 4.77. The molecule has 0 saturated carbocycles. The van der Waals surface area contributed by atoms with Crippen LogP contribution >= 0.6 is 11.6 Å². The van der Waals surface area contributed by atoms with E-state index in [1.165, 1.54) is 7.11 Å². The molecule has 88 valence electrons. The summed E-state index contributed by atoms with van der Waals surface area (Å²) in [6.07, 6.45) is 0. The van der Waals surface area contributed by atoms with E-state index in [1.807, 2.05) is 43.1 Å². The van der Waals surface area contributed by atoms with Crippen LogP contribution in [0.25, 0.3) is 0 Å². The van der Waals surface area contributed by atoms with Gasteiger partial charge in [0.05, 0.1) is 7.11 Å². The van der Waals surface area contributed by atoms with E-state index < -0.39 is 0 Å². The van der Waals surface area contributed by atoms with E-state index in [2.05, 4.69) is 4.74 Å². The summed E-state index contributed by atoms with van der Waals surface area (Å²) in [5.41, 5.74) is 1.11. The second kappa shape index (κ2) is 5.87. The topological polar surface area (TPSA) is 29.5 Å². The highest BCUT2D eigenvalue weighted by Gasteiger charge is 2.18. The fraction of sp³-hybridized carbons (Fsp3) is 0.417. The number of methoxy groups -OCH3 is 1. The van der Waals surface area contributed by atoms with Crippen molar-refractivity contribution in [1.82, 2.24) is 4.90 Å². The molecule has 1 unspecified atom stereocenters. The van der Waals surface area contributed by atoms with Crippen LogP contribution in [0.15, 0.2) is 24.3 Å². The van der Waals surface area contributed by atoms with Crippen molar-refractivity contribution in [3.05, 3.63) is 34.9 Å². The van der Waals surface area contributed by atoms with Gasteiger partial charge in [-0.15, -0.1) is 0 Å². The van der Waals surface area contributed by atoms with Crippen LogP contribution in [0, 0.1) is 0 Å². The van der Waals surface area contributed by atoms with Crippen LogP contribution in [0.2, 0.25) is 5.02 Å². The van der Waals surface area contributed by atoms with E-state index >= 15 is 0 Å². The van der Waals surface area contributed by atoms with Crippen molar-refractivity contribution >= 4 is 17.6 Å². The number of halogens is 1. The number of hydrogen-bond acceptors (Lipinski definition) is 3. The van der Waals surface area contributed by atoms with Gasteiger partial charge in [0, 0.05) is 11.6 Å². The first kappa shape index (κ1) is 13.0. The van der Waals surface area contributed by atoms with Crippen molar-refractivity contribution in [1.29, 1.82) is 0 Å². The van der Waals surface area contributed by atoms with Crippen molar-refractivity contribution in [2.45, 2.75) is 19.5 Å². The standard InChI is InChI=1S/C12H16ClNO2/c1-9(12(15)16-3)14(2)8-10-4-6-11(13)7-5-10/h4-7,9H,8H2,1-3H3. The Labute approximate surface area is 101 Å². The average molecular weight is 242 g/mol. The minimum absolute atomic E-state index is 0.225. The fourth-order valence-electron chi connectivity index (χ4n) is 1.37. The summed E-state index contributed by atoms with van der Waals surface area (Å²) in [6, 6.07) is 7.33. The number of ether oxygens (including phenoxy) is 1. The van der Waals surface area contributed by atoms with Gasteiger partial charge in [0.25, 0.3) is 0 Å². The molecule has 0 aromatic heterocycles. The Morgan fingerprint density at radius 2 is 2.00 bits per heavy atom. The molecular formula is C12H16ClNO2. The van der Waals surface area contributed by atoms with Crippen LogP contribution < -0.4 is 0 Å². The highest BCUT2D eigenvalue weighted by atomic mass is 35.5. The zero-order valence-electron chi connectivity index (χ0n) is 9.74. The number of rotatable bonds is 4. The van der Waals surface area contributed by atoms with Crippen molar-refractivity contribution < 1.29 is 9.53 Å². The van der Waals surface area contributed by atoms with Crippen LogP contribution in [0.4, 0.5) is 0 Å². The van der Waals surface area contributed by atoms with Gasteiger partial charge >= 0.3 is 5.97 Å². The molecule has 0 bridgehead atoms. The first-order chi connectivity index (χ1) is 7.54. The number of carbonyl (C=O) groups excluding carboxylic acids is 1. The zero-order chi connectivity index (χ0) is 12.1. The maximum absolute atomic E-state index is 11.3. The Hall–Kier alpha value is -1.06. The smallest absolute Gasteiger partial charge is 0.322 e. The predicted octanol–water partition coefficient (Wildman–Crippen LogP) is 2.33. The van der Waals surface area contributed by atoms with Crippen molar-refractivity contribution in [2.75, 3.05) is 14.2 Å². The van der Waals surface area contributed by atoms with Crippen LogP contribution in [-0.2, 0) is 16.1 Å². The molecule has 0 aliphatic carbocycles. The summed E-state index contributed by atoms with van der Waals surface area (Å²) in [7, 11) is 3.28. The molecule has 1 aromatic rings. The van der Waals surface area contributed by atoms with Gasteiger partial charge in [-0.25, -0.2) is 0 Å². The van der Waals surface area contributed by atoms with Gasteiger partial charge in [-0.3, -0.25) is 9.69 Å². The molecule has 0 saturated heterocycles. The van der Waals surface area contributed by atoms with Gasteiger partial charge in [0.1, 0.15) is 6.04 Å². The SMILES string of the molecule is COC(=O)C(C)N(C)Cc1ccc(Cl)cc1. The first-order valence-corrected chi connectivity index (χ1v) is 5.45. The van der Waals surface area contributed by atoms with Crippen LogP contribution in [0.1, 0.15) is 12.5 Å². The third-order valence-electron chi connectivity index (χ3n) is 2.55. The maximum Gasteiger partial charge on any atom is 0.322 e. The summed E-state index contributed by atoms with van der Waals surface area (Å²) >= 11 is 5.80. The third kappa shape index (κ3) is 3.51. The molecule has 0 amide bonds. The number of benzene rings is 1. The summed E-state index contributed by atoms with van der Waals surface area (Å²) < 4.78 is 4.69. The lowest BCUT2D eigenvalue weighted by Gasteiger charge is -2.22. The number of carbonyl (C=O) groups is 1. The Balaban J connectivity index is 2.60. The summed E-state index contributed by atoms with van der Waals surface area (Å²) in [4.78, 5) is 13.2. The van der Waals surface area contributed by atoms with E-state index in [9.17, 15) is 4.79 Å². The number of hydrogen-bond donors (Lipinski definition) is 0. The van der Waals surface area contributed by atoms with Crippen LogP contribution in [-0.4, -0.2) is 31.1 Å². The lowest BCUT2D eigenvalue weighted by atomic mass is 10.2. The lowest BCUT2D eigenvalue weighted by molar-refractivity contribution is -0.145. The van der Waals surface area contributed by atoms with Gasteiger partial charge in [-0.05, 0) is 31.7 Å². The monoisotopic (exact) mass is 241 g/mol. The van der Waals surface area contributed by atoms with Crippen molar-refractivity contribution in [3.8, 4) is 0 Å². The molecule has 4 heteroatoms. The van der Waals surface area contributed by atoms with Crippen LogP contribution in [0.5, 0.6) is 0 Å². The first-order valence-electron chi connectivity index (χ1n) is 5.07. The molecule has 0 heterocycles. The molecule has 0 radical (unpaired) electrons. The normalized spacial score (nSPS) is 12.6. The molecule has 1 aromatic carbocycles. The molecular weight excluding hydrogens is 226 g/mol. The number of esters is 1. The predicted molar refractivity (Wildman–Crippen MR) is 64.4 cm³/mol. The highest BCUT2D eigenvalue weighted by Crippen LogP contribution is 2.12. The number of nitrogens with zero attached hydrogens (tertiary/aromatic N) is 1. The second-order valence-corrected chi connectivity index (χ2v) is 4.18. The molecule has 16 heavy (non-hydrogen) atoms. The quantitative estimate of drug-likeness (QED) is 0.758. The summed E-state index contributed by atoms with van der Waals surface area (Å²) in [5, 5.41) is 0.715. The second-order valence-electron chi connectivity index (χ2n) is 3.74. The average Bonchev–Trinajstić information content (AvgIpc) is 2.30. The molecule has 0 spiro atoms. The fourth-order valence-corrected chi connectivity index (χ4v) is 1.49. The molecule has 0 fully saturated rings. The molecule has 0 aliphatic rings. The molecule has 1 atom stereocenters. The van der Waals surface area contributed by atoms with Gasteiger partial charge in [0.15, 0.2) is 0 Å². The van der Waals surface area contributed by atoms with Crippen LogP contribution in [0.3, 0.4) is 0 Å². The summed E-state index contributed by atoms with van der Waals surface area (Å²) in [6.45, 7) is 2.51. The minimum atomic E-state index is -0.249. The van der Waals surface area contributed by atoms with Gasteiger partial charge in [-0.1, -0.05) is 23.7 Å². The molecule has 1 rings (SSSR count). The Morgan fingerprint density at radius 3 is 2.50 bits per heavy atom. The van der Waals surface area contributed by atoms with E-state index in [1.54, 1.807) is 0 Å². The Morgan fingerprint density at radius 1 is 1.44 bits per heavy atom. The third-order valence-corrected chi connectivity index (χ3v) is 2.80.